The highest BCUT2D eigenvalue weighted by molar-refractivity contribution is 7.93. The maximum Gasteiger partial charge on any atom is 0.416 e. The van der Waals surface area contributed by atoms with E-state index < -0.39 is 33.3 Å². The van der Waals surface area contributed by atoms with E-state index in [9.17, 15) is 26.0 Å². The molecule has 1 N–H and O–H groups in total. The van der Waals surface area contributed by atoms with Gasteiger partial charge in [0.05, 0.1) is 16.8 Å². The first-order chi connectivity index (χ1) is 11.7. The number of aromatic nitrogens is 1. The van der Waals surface area contributed by atoms with Gasteiger partial charge in [-0.05, 0) is 30.3 Å². The van der Waals surface area contributed by atoms with Crippen molar-refractivity contribution in [1.29, 1.82) is 0 Å². The van der Waals surface area contributed by atoms with E-state index in [1.54, 1.807) is 18.2 Å². The monoisotopic (exact) mass is 370 g/mol. The highest BCUT2D eigenvalue weighted by Crippen LogP contribution is 2.33. The van der Waals surface area contributed by atoms with Crippen LogP contribution in [0, 0.1) is 5.82 Å². The van der Waals surface area contributed by atoms with Gasteiger partial charge in [0.2, 0.25) is 0 Å². The zero-order valence-electron chi connectivity index (χ0n) is 12.4. The molecule has 0 saturated heterocycles. The maximum atomic E-state index is 13.8. The molecule has 0 amide bonds. The summed E-state index contributed by atoms with van der Waals surface area (Å²) < 4.78 is 79.0. The number of anilines is 1. The predicted molar refractivity (Wildman–Crippen MR) is 84.0 cm³/mol. The Balaban J connectivity index is 2.08. The van der Waals surface area contributed by atoms with E-state index in [1.807, 2.05) is 4.72 Å². The van der Waals surface area contributed by atoms with Crippen LogP contribution in [0.1, 0.15) is 5.56 Å². The van der Waals surface area contributed by atoms with Crippen molar-refractivity contribution in [3.05, 3.63) is 66.1 Å². The molecule has 0 radical (unpaired) electrons. The van der Waals surface area contributed by atoms with Gasteiger partial charge in [0.1, 0.15) is 10.7 Å². The molecule has 0 atom stereocenters. The number of rotatable bonds is 3. The fourth-order valence-corrected chi connectivity index (χ4v) is 3.51. The number of alkyl halides is 3. The van der Waals surface area contributed by atoms with Crippen molar-refractivity contribution in [2.75, 3.05) is 4.72 Å². The van der Waals surface area contributed by atoms with Gasteiger partial charge in [-0.25, -0.2) is 12.8 Å². The summed E-state index contributed by atoms with van der Waals surface area (Å²) in [7, 11) is -4.34. The molecule has 0 aliphatic rings. The van der Waals surface area contributed by atoms with Gasteiger partial charge in [-0.15, -0.1) is 0 Å². The van der Waals surface area contributed by atoms with Crippen molar-refractivity contribution < 1.29 is 26.0 Å². The van der Waals surface area contributed by atoms with Gasteiger partial charge in [-0.1, -0.05) is 18.2 Å². The minimum Gasteiger partial charge on any atom is -0.277 e. The molecular weight excluding hydrogens is 360 g/mol. The number of nitrogens with one attached hydrogen (secondary N) is 1. The van der Waals surface area contributed by atoms with E-state index in [4.69, 9.17) is 0 Å². The highest BCUT2D eigenvalue weighted by Gasteiger charge is 2.32. The molecule has 1 heterocycles. The lowest BCUT2D eigenvalue weighted by molar-refractivity contribution is -0.137. The summed E-state index contributed by atoms with van der Waals surface area (Å²) in [6, 6.07) is 9.07. The number of halogens is 4. The molecule has 0 aliphatic carbocycles. The zero-order chi connectivity index (χ0) is 18.2. The number of benzene rings is 2. The number of nitrogens with zero attached hydrogens (tertiary/aromatic N) is 1. The first-order valence-corrected chi connectivity index (χ1v) is 8.40. The quantitative estimate of drug-likeness (QED) is 0.703. The zero-order valence-corrected chi connectivity index (χ0v) is 13.2. The molecular formula is C16H10F4N2O2S. The first kappa shape index (κ1) is 17.2. The number of hydrogen-bond donors (Lipinski definition) is 1. The van der Waals surface area contributed by atoms with Crippen molar-refractivity contribution in [1.82, 2.24) is 4.98 Å². The van der Waals surface area contributed by atoms with E-state index in [-0.39, 0.29) is 10.4 Å². The molecule has 0 saturated carbocycles. The van der Waals surface area contributed by atoms with Crippen LogP contribution in [0.2, 0.25) is 0 Å². The van der Waals surface area contributed by atoms with Crippen molar-refractivity contribution in [3.8, 4) is 0 Å². The molecule has 25 heavy (non-hydrogen) atoms. The van der Waals surface area contributed by atoms with E-state index in [0.29, 0.717) is 23.6 Å². The Morgan fingerprint density at radius 3 is 2.44 bits per heavy atom. The third-order valence-electron chi connectivity index (χ3n) is 3.42. The molecule has 0 fully saturated rings. The minimum absolute atomic E-state index is 0.130. The van der Waals surface area contributed by atoms with Crippen LogP contribution in [0.25, 0.3) is 10.9 Å². The SMILES string of the molecule is O=S(=O)(Nc1cc(C(F)(F)F)ccc1F)c1cccc2cccnc12. The minimum atomic E-state index is -4.73. The van der Waals surface area contributed by atoms with Crippen LogP contribution in [0.3, 0.4) is 0 Å². The Kier molecular flexibility index (Phi) is 4.11. The van der Waals surface area contributed by atoms with Crippen LogP contribution in [0.15, 0.2) is 59.6 Å². The largest absolute Gasteiger partial charge is 0.416 e. The standard InChI is InChI=1S/C16H10F4N2O2S/c17-12-7-6-11(16(18,19)20)9-13(12)22-25(23,24)14-5-1-3-10-4-2-8-21-15(10)14/h1-9,22H. The maximum absolute atomic E-state index is 13.8. The smallest absolute Gasteiger partial charge is 0.277 e. The van der Waals surface area contributed by atoms with Gasteiger partial charge in [0.25, 0.3) is 10.0 Å². The van der Waals surface area contributed by atoms with E-state index in [2.05, 4.69) is 4.98 Å². The second kappa shape index (κ2) is 5.99. The van der Waals surface area contributed by atoms with E-state index in [1.165, 1.54) is 18.3 Å². The number of pyridine rings is 1. The van der Waals surface area contributed by atoms with E-state index >= 15 is 0 Å². The molecule has 0 bridgehead atoms. The van der Waals surface area contributed by atoms with Crippen molar-refractivity contribution in [2.45, 2.75) is 11.1 Å². The van der Waals surface area contributed by atoms with Crippen molar-refractivity contribution >= 4 is 26.6 Å². The third-order valence-corrected chi connectivity index (χ3v) is 4.82. The number of hydrogen-bond acceptors (Lipinski definition) is 3. The molecule has 4 nitrogen and oxygen atoms in total. The van der Waals surface area contributed by atoms with Crippen LogP contribution in [-0.2, 0) is 16.2 Å². The molecule has 130 valence electrons. The predicted octanol–water partition coefficient (Wildman–Crippen LogP) is 4.19. The average Bonchev–Trinajstić information content (AvgIpc) is 2.55. The topological polar surface area (TPSA) is 59.1 Å². The molecule has 1 aromatic heterocycles. The summed E-state index contributed by atoms with van der Waals surface area (Å²) in [6.07, 6.45) is -3.35. The summed E-state index contributed by atoms with van der Waals surface area (Å²) in [5, 5.41) is 0.523. The average molecular weight is 370 g/mol. The lowest BCUT2D eigenvalue weighted by atomic mass is 10.2. The molecule has 3 rings (SSSR count). The summed E-state index contributed by atoms with van der Waals surface area (Å²) in [4.78, 5) is 3.71. The Bertz CT molecular complexity index is 1040. The fourth-order valence-electron chi connectivity index (χ4n) is 2.27. The van der Waals surface area contributed by atoms with Crippen LogP contribution >= 0.6 is 0 Å². The molecule has 0 spiro atoms. The van der Waals surface area contributed by atoms with E-state index in [0.717, 1.165) is 0 Å². The van der Waals surface area contributed by atoms with Gasteiger partial charge in [-0.3, -0.25) is 9.71 Å². The Labute approximate surface area is 140 Å². The molecule has 3 aromatic rings. The van der Waals surface area contributed by atoms with Crippen LogP contribution in [0.4, 0.5) is 23.2 Å². The van der Waals surface area contributed by atoms with Crippen molar-refractivity contribution in [2.24, 2.45) is 0 Å². The molecule has 0 unspecified atom stereocenters. The summed E-state index contributed by atoms with van der Waals surface area (Å²) in [5.41, 5.74) is -1.82. The molecule has 0 aliphatic heterocycles. The van der Waals surface area contributed by atoms with Gasteiger partial charge < -0.3 is 0 Å². The lowest BCUT2D eigenvalue weighted by Crippen LogP contribution is -2.16. The molecule has 2 aromatic carbocycles. The first-order valence-electron chi connectivity index (χ1n) is 6.92. The number of fused-ring (bicyclic) bond motifs is 1. The Morgan fingerprint density at radius 1 is 1.00 bits per heavy atom. The normalized spacial score (nSPS) is 12.3. The Hall–Kier alpha value is -2.68. The second-order valence-electron chi connectivity index (χ2n) is 5.13. The van der Waals surface area contributed by atoms with Gasteiger partial charge in [0, 0.05) is 11.6 Å². The number of sulfonamides is 1. The van der Waals surface area contributed by atoms with Crippen molar-refractivity contribution in [3.63, 3.8) is 0 Å². The molecule has 9 heteroatoms. The van der Waals surface area contributed by atoms with Crippen LogP contribution < -0.4 is 4.72 Å². The van der Waals surface area contributed by atoms with Crippen LogP contribution in [0.5, 0.6) is 0 Å². The summed E-state index contributed by atoms with van der Waals surface area (Å²) >= 11 is 0. The summed E-state index contributed by atoms with van der Waals surface area (Å²) in [5.74, 6) is -1.12. The van der Waals surface area contributed by atoms with Gasteiger partial charge >= 0.3 is 6.18 Å². The number of para-hydroxylation sites is 1. The Morgan fingerprint density at radius 2 is 1.72 bits per heavy atom. The van der Waals surface area contributed by atoms with Gasteiger partial charge in [-0.2, -0.15) is 13.2 Å². The third kappa shape index (κ3) is 3.41. The van der Waals surface area contributed by atoms with Crippen LogP contribution in [-0.4, -0.2) is 13.4 Å². The fraction of sp³-hybridized carbons (Fsp3) is 0.0625. The second-order valence-corrected chi connectivity index (χ2v) is 6.78. The highest BCUT2D eigenvalue weighted by atomic mass is 32.2. The lowest BCUT2D eigenvalue weighted by Gasteiger charge is -2.13. The van der Waals surface area contributed by atoms with Gasteiger partial charge in [0.15, 0.2) is 0 Å². The summed E-state index contributed by atoms with van der Waals surface area (Å²) in [6.45, 7) is 0.